The summed E-state index contributed by atoms with van der Waals surface area (Å²) in [6.07, 6.45) is 0. The lowest BCUT2D eigenvalue weighted by molar-refractivity contribution is 0.305. The fraction of sp³-hybridized carbons (Fsp3) is 0.100. The summed E-state index contributed by atoms with van der Waals surface area (Å²) in [7, 11) is 1.65. The van der Waals surface area contributed by atoms with E-state index < -0.39 is 0 Å². The van der Waals surface area contributed by atoms with Crippen LogP contribution in [0, 0.1) is 0 Å². The second kappa shape index (κ2) is 7.36. The quantitative estimate of drug-likeness (QED) is 0.694. The van der Waals surface area contributed by atoms with Crippen molar-refractivity contribution < 1.29 is 9.47 Å². The Morgan fingerprint density at radius 2 is 1.52 bits per heavy atom. The van der Waals surface area contributed by atoms with Gasteiger partial charge in [-0.25, -0.2) is 0 Å². The average Bonchev–Trinajstić information content (AvgIpc) is 2.62. The summed E-state index contributed by atoms with van der Waals surface area (Å²) in [5, 5.41) is 3.38. The summed E-state index contributed by atoms with van der Waals surface area (Å²) in [5.74, 6) is 1.53. The molecule has 0 amide bonds. The Hall–Kier alpha value is -2.94. The maximum Gasteiger partial charge on any atom is 0.146 e. The van der Waals surface area contributed by atoms with Crippen LogP contribution in [0.2, 0.25) is 0 Å². The summed E-state index contributed by atoms with van der Waals surface area (Å²) in [6, 6.07) is 25.9. The lowest BCUT2D eigenvalue weighted by Gasteiger charge is -2.14. The van der Waals surface area contributed by atoms with Crippen molar-refractivity contribution in [2.24, 2.45) is 0 Å². The molecule has 0 radical (unpaired) electrons. The molecule has 3 aromatic rings. The minimum atomic E-state index is 0.511. The van der Waals surface area contributed by atoms with Gasteiger partial charge in [0.25, 0.3) is 0 Å². The van der Waals surface area contributed by atoms with Gasteiger partial charge in [-0.15, -0.1) is 0 Å². The monoisotopic (exact) mass is 305 g/mol. The maximum atomic E-state index is 6.00. The molecule has 0 heterocycles. The predicted octanol–water partition coefficient (Wildman–Crippen LogP) is 5.02. The van der Waals surface area contributed by atoms with E-state index in [1.807, 2.05) is 78.9 Å². The molecule has 3 heteroatoms. The van der Waals surface area contributed by atoms with E-state index in [2.05, 4.69) is 5.32 Å². The van der Waals surface area contributed by atoms with Gasteiger partial charge in [0, 0.05) is 11.8 Å². The second-order valence-corrected chi connectivity index (χ2v) is 5.13. The Bertz CT molecular complexity index is 742. The summed E-state index contributed by atoms with van der Waals surface area (Å²) in [5.41, 5.74) is 3.05. The third-order valence-electron chi connectivity index (χ3n) is 3.48. The molecule has 0 saturated heterocycles. The first-order valence-corrected chi connectivity index (χ1v) is 7.52. The summed E-state index contributed by atoms with van der Waals surface area (Å²) in [6.45, 7) is 0.511. The van der Waals surface area contributed by atoms with Gasteiger partial charge in [0.15, 0.2) is 0 Å². The van der Waals surface area contributed by atoms with E-state index in [4.69, 9.17) is 9.47 Å². The zero-order chi connectivity index (χ0) is 15.9. The van der Waals surface area contributed by atoms with Crippen molar-refractivity contribution in [2.75, 3.05) is 12.4 Å². The molecule has 0 aliphatic rings. The van der Waals surface area contributed by atoms with E-state index in [1.165, 1.54) is 0 Å². The third-order valence-corrected chi connectivity index (χ3v) is 3.48. The average molecular weight is 305 g/mol. The molecule has 0 aliphatic carbocycles. The van der Waals surface area contributed by atoms with Crippen LogP contribution in [0.1, 0.15) is 5.56 Å². The van der Waals surface area contributed by atoms with Crippen molar-refractivity contribution in [1.29, 1.82) is 0 Å². The van der Waals surface area contributed by atoms with Gasteiger partial charge in [-0.2, -0.15) is 0 Å². The van der Waals surface area contributed by atoms with Crippen molar-refractivity contribution in [2.45, 2.75) is 6.61 Å². The lowest BCUT2D eigenvalue weighted by atomic mass is 10.2. The number of hydrogen-bond donors (Lipinski definition) is 1. The largest absolute Gasteiger partial charge is 0.497 e. The SMILES string of the molecule is COc1ccc(Nc2ccccc2)c(OCc2ccccc2)c1. The van der Waals surface area contributed by atoms with Gasteiger partial charge in [0.1, 0.15) is 18.1 Å². The molecule has 0 unspecified atom stereocenters. The highest BCUT2D eigenvalue weighted by Crippen LogP contribution is 2.32. The first kappa shape index (κ1) is 15.0. The molecule has 1 N–H and O–H groups in total. The molecule has 23 heavy (non-hydrogen) atoms. The molecule has 3 nitrogen and oxygen atoms in total. The van der Waals surface area contributed by atoms with Gasteiger partial charge in [-0.05, 0) is 29.8 Å². The van der Waals surface area contributed by atoms with Crippen molar-refractivity contribution >= 4 is 11.4 Å². The van der Waals surface area contributed by atoms with Crippen LogP contribution in [-0.4, -0.2) is 7.11 Å². The summed E-state index contributed by atoms with van der Waals surface area (Å²) < 4.78 is 11.3. The van der Waals surface area contributed by atoms with E-state index in [1.54, 1.807) is 7.11 Å². The fourth-order valence-electron chi connectivity index (χ4n) is 2.26. The number of rotatable bonds is 6. The first-order chi connectivity index (χ1) is 11.3. The second-order valence-electron chi connectivity index (χ2n) is 5.13. The zero-order valence-corrected chi connectivity index (χ0v) is 13.0. The Morgan fingerprint density at radius 1 is 0.826 bits per heavy atom. The Kier molecular flexibility index (Phi) is 4.79. The van der Waals surface area contributed by atoms with Crippen LogP contribution in [0.4, 0.5) is 11.4 Å². The lowest BCUT2D eigenvalue weighted by Crippen LogP contribution is -2.00. The topological polar surface area (TPSA) is 30.5 Å². The van der Waals surface area contributed by atoms with Crippen LogP contribution < -0.4 is 14.8 Å². The highest BCUT2D eigenvalue weighted by molar-refractivity contribution is 5.67. The maximum absolute atomic E-state index is 6.00. The predicted molar refractivity (Wildman–Crippen MR) is 93.5 cm³/mol. The van der Waals surface area contributed by atoms with E-state index >= 15 is 0 Å². The first-order valence-electron chi connectivity index (χ1n) is 7.52. The number of benzene rings is 3. The van der Waals surface area contributed by atoms with Gasteiger partial charge in [0.05, 0.1) is 12.8 Å². The molecule has 0 fully saturated rings. The smallest absolute Gasteiger partial charge is 0.146 e. The van der Waals surface area contributed by atoms with Crippen molar-refractivity contribution in [3.05, 3.63) is 84.4 Å². The number of anilines is 2. The number of ether oxygens (including phenoxy) is 2. The fourth-order valence-corrected chi connectivity index (χ4v) is 2.26. The minimum absolute atomic E-state index is 0.511. The van der Waals surface area contributed by atoms with Crippen LogP contribution in [0.15, 0.2) is 78.9 Å². The highest BCUT2D eigenvalue weighted by atomic mass is 16.5. The van der Waals surface area contributed by atoms with Gasteiger partial charge < -0.3 is 14.8 Å². The van der Waals surface area contributed by atoms with Crippen LogP contribution in [-0.2, 0) is 6.61 Å². The number of para-hydroxylation sites is 1. The molecule has 0 bridgehead atoms. The van der Waals surface area contributed by atoms with Crippen molar-refractivity contribution in [3.8, 4) is 11.5 Å². The zero-order valence-electron chi connectivity index (χ0n) is 13.0. The summed E-state index contributed by atoms with van der Waals surface area (Å²) >= 11 is 0. The Morgan fingerprint density at radius 3 is 2.22 bits per heavy atom. The molecule has 0 saturated carbocycles. The number of methoxy groups -OCH3 is 1. The van der Waals surface area contributed by atoms with Crippen LogP contribution in [0.3, 0.4) is 0 Å². The minimum Gasteiger partial charge on any atom is -0.497 e. The third kappa shape index (κ3) is 4.04. The van der Waals surface area contributed by atoms with Crippen LogP contribution >= 0.6 is 0 Å². The van der Waals surface area contributed by atoms with Crippen LogP contribution in [0.5, 0.6) is 11.5 Å². The van der Waals surface area contributed by atoms with Crippen molar-refractivity contribution in [3.63, 3.8) is 0 Å². The molecular formula is C20H19NO2. The number of nitrogens with one attached hydrogen (secondary N) is 1. The van der Waals surface area contributed by atoms with Gasteiger partial charge >= 0.3 is 0 Å². The van der Waals surface area contributed by atoms with Gasteiger partial charge in [0.2, 0.25) is 0 Å². The van der Waals surface area contributed by atoms with Gasteiger partial charge in [-0.1, -0.05) is 48.5 Å². The molecule has 116 valence electrons. The summed E-state index contributed by atoms with van der Waals surface area (Å²) in [4.78, 5) is 0. The van der Waals surface area contributed by atoms with Crippen molar-refractivity contribution in [1.82, 2.24) is 0 Å². The molecular weight excluding hydrogens is 286 g/mol. The van der Waals surface area contributed by atoms with E-state index in [9.17, 15) is 0 Å². The van der Waals surface area contributed by atoms with Gasteiger partial charge in [-0.3, -0.25) is 0 Å². The number of hydrogen-bond acceptors (Lipinski definition) is 3. The van der Waals surface area contributed by atoms with E-state index in [0.717, 1.165) is 28.4 Å². The highest BCUT2D eigenvalue weighted by Gasteiger charge is 2.07. The molecule has 0 atom stereocenters. The van der Waals surface area contributed by atoms with Crippen LogP contribution in [0.25, 0.3) is 0 Å². The molecule has 3 rings (SSSR count). The normalized spacial score (nSPS) is 10.1. The molecule has 0 spiro atoms. The standard InChI is InChI=1S/C20H19NO2/c1-22-18-12-13-19(21-17-10-6-3-7-11-17)20(14-18)23-15-16-8-4-2-5-9-16/h2-14,21H,15H2,1H3. The molecule has 0 aliphatic heterocycles. The van der Waals surface area contributed by atoms with E-state index in [-0.39, 0.29) is 0 Å². The Labute approximate surface area is 136 Å². The van der Waals surface area contributed by atoms with E-state index in [0.29, 0.717) is 6.61 Å². The molecule has 0 aromatic heterocycles. The Balaban J connectivity index is 1.81. The molecule has 3 aromatic carbocycles.